The van der Waals surface area contributed by atoms with Gasteiger partial charge in [-0.3, -0.25) is 9.36 Å². The highest BCUT2D eigenvalue weighted by molar-refractivity contribution is 7.07. The Hall–Kier alpha value is -4.05. The fraction of sp³-hybridized carbons (Fsp3) is 0.296. The standard InChI is InChI=1S/C27H28N2O7S/c1-7-36-26(31)23-15(2)28-27-29(24(23)19-10-8-18(33-4)14-21(19)35-6)25(30)22(37-27)13-16-12-17(32-3)9-11-20(16)34-5/h8-14,24H,7H2,1-6H3/b22-13-/t24-/m1/s1. The zero-order chi connectivity index (χ0) is 26.7. The minimum Gasteiger partial charge on any atom is -0.497 e. The molecule has 0 fully saturated rings. The summed E-state index contributed by atoms with van der Waals surface area (Å²) in [7, 11) is 6.21. The molecule has 0 aliphatic carbocycles. The number of carbonyl (C=O) groups is 1. The van der Waals surface area contributed by atoms with Crippen molar-refractivity contribution in [3.8, 4) is 23.0 Å². The number of esters is 1. The Labute approximate surface area is 217 Å². The van der Waals surface area contributed by atoms with Gasteiger partial charge in [0.2, 0.25) is 0 Å². The first-order valence-corrected chi connectivity index (χ1v) is 12.3. The van der Waals surface area contributed by atoms with Crippen LogP contribution in [0.5, 0.6) is 23.0 Å². The van der Waals surface area contributed by atoms with E-state index in [1.165, 1.54) is 23.0 Å². The van der Waals surface area contributed by atoms with E-state index >= 15 is 0 Å². The summed E-state index contributed by atoms with van der Waals surface area (Å²) >= 11 is 1.22. The summed E-state index contributed by atoms with van der Waals surface area (Å²) in [5.41, 5.74) is 1.70. The van der Waals surface area contributed by atoms with Crippen LogP contribution in [0.15, 0.2) is 57.5 Å². The van der Waals surface area contributed by atoms with E-state index in [0.717, 1.165) is 0 Å². The Morgan fingerprint density at radius 3 is 2.32 bits per heavy atom. The van der Waals surface area contributed by atoms with Gasteiger partial charge in [0.15, 0.2) is 4.80 Å². The maximum atomic E-state index is 13.9. The van der Waals surface area contributed by atoms with E-state index < -0.39 is 12.0 Å². The molecule has 0 amide bonds. The van der Waals surface area contributed by atoms with Gasteiger partial charge in [-0.2, -0.15) is 0 Å². The monoisotopic (exact) mass is 524 g/mol. The summed E-state index contributed by atoms with van der Waals surface area (Å²) < 4.78 is 29.1. The number of hydrogen-bond donors (Lipinski definition) is 0. The highest BCUT2D eigenvalue weighted by Crippen LogP contribution is 2.37. The van der Waals surface area contributed by atoms with Crippen LogP contribution >= 0.6 is 11.3 Å². The Morgan fingerprint density at radius 1 is 1.00 bits per heavy atom. The number of allylic oxidation sites excluding steroid dienone is 1. The lowest BCUT2D eigenvalue weighted by Gasteiger charge is -2.26. The van der Waals surface area contributed by atoms with Crippen LogP contribution in [-0.2, 0) is 9.53 Å². The second kappa shape index (κ2) is 10.9. The summed E-state index contributed by atoms with van der Waals surface area (Å²) in [5, 5.41) is 0. The van der Waals surface area contributed by atoms with Gasteiger partial charge in [-0.15, -0.1) is 0 Å². The second-order valence-electron chi connectivity index (χ2n) is 8.02. The van der Waals surface area contributed by atoms with Crippen molar-refractivity contribution in [2.75, 3.05) is 35.0 Å². The molecule has 0 saturated heterocycles. The minimum atomic E-state index is -0.814. The first kappa shape index (κ1) is 26.0. The predicted octanol–water partition coefficient (Wildman–Crippen LogP) is 2.83. The molecule has 3 aromatic rings. The van der Waals surface area contributed by atoms with Crippen LogP contribution in [0.1, 0.15) is 31.0 Å². The van der Waals surface area contributed by atoms with Gasteiger partial charge in [0.05, 0.1) is 50.8 Å². The number of aromatic nitrogens is 1. The van der Waals surface area contributed by atoms with E-state index in [2.05, 4.69) is 4.99 Å². The third kappa shape index (κ3) is 4.84. The van der Waals surface area contributed by atoms with Gasteiger partial charge in [0.25, 0.3) is 5.56 Å². The third-order valence-electron chi connectivity index (χ3n) is 5.98. The number of nitrogens with zero attached hydrogens (tertiary/aromatic N) is 2. The molecule has 10 heteroatoms. The number of benzene rings is 2. The molecular formula is C27H28N2O7S. The SMILES string of the molecule is CCOC(=O)C1=C(C)N=c2s/c(=C\c3cc(OC)ccc3OC)c(=O)n2[C@@H]1c1ccc(OC)cc1OC. The predicted molar refractivity (Wildman–Crippen MR) is 139 cm³/mol. The Balaban J connectivity index is 2.01. The fourth-order valence-corrected chi connectivity index (χ4v) is 5.26. The van der Waals surface area contributed by atoms with E-state index in [1.807, 2.05) is 0 Å². The summed E-state index contributed by atoms with van der Waals surface area (Å²) in [5.74, 6) is 1.71. The van der Waals surface area contributed by atoms with Crippen molar-refractivity contribution in [2.45, 2.75) is 19.9 Å². The normalized spacial score (nSPS) is 15.1. The molecule has 194 valence electrons. The average Bonchev–Trinajstić information content (AvgIpc) is 3.21. The first-order valence-electron chi connectivity index (χ1n) is 11.5. The van der Waals surface area contributed by atoms with Crippen molar-refractivity contribution < 1.29 is 28.5 Å². The van der Waals surface area contributed by atoms with Gasteiger partial charge in [-0.1, -0.05) is 11.3 Å². The quantitative estimate of drug-likeness (QED) is 0.418. The van der Waals surface area contributed by atoms with Crippen molar-refractivity contribution in [3.05, 3.63) is 78.5 Å². The molecule has 1 aromatic heterocycles. The lowest BCUT2D eigenvalue weighted by atomic mass is 9.95. The molecule has 37 heavy (non-hydrogen) atoms. The van der Waals surface area contributed by atoms with Gasteiger partial charge in [0, 0.05) is 17.2 Å². The van der Waals surface area contributed by atoms with Gasteiger partial charge in [-0.05, 0) is 50.3 Å². The van der Waals surface area contributed by atoms with E-state index in [-0.39, 0.29) is 17.7 Å². The molecule has 2 aromatic carbocycles. The molecule has 1 atom stereocenters. The largest absolute Gasteiger partial charge is 0.497 e. The van der Waals surface area contributed by atoms with E-state index in [0.29, 0.717) is 49.2 Å². The van der Waals surface area contributed by atoms with E-state index in [1.54, 1.807) is 77.7 Å². The highest BCUT2D eigenvalue weighted by atomic mass is 32.1. The van der Waals surface area contributed by atoms with Crippen LogP contribution in [0.2, 0.25) is 0 Å². The second-order valence-corrected chi connectivity index (χ2v) is 9.03. The Kier molecular flexibility index (Phi) is 7.68. The number of hydrogen-bond acceptors (Lipinski definition) is 9. The van der Waals surface area contributed by atoms with Crippen LogP contribution in [0.4, 0.5) is 0 Å². The fourth-order valence-electron chi connectivity index (χ4n) is 4.22. The molecule has 4 rings (SSSR count). The zero-order valence-electron chi connectivity index (χ0n) is 21.5. The van der Waals surface area contributed by atoms with E-state index in [4.69, 9.17) is 23.7 Å². The summed E-state index contributed by atoms with van der Waals surface area (Å²) in [6.45, 7) is 3.65. The number of carbonyl (C=O) groups excluding carboxylic acids is 1. The molecule has 1 aliphatic rings. The first-order chi connectivity index (χ1) is 17.9. The smallest absolute Gasteiger partial charge is 0.338 e. The van der Waals surface area contributed by atoms with Gasteiger partial charge >= 0.3 is 5.97 Å². The molecule has 0 unspecified atom stereocenters. The average molecular weight is 525 g/mol. The lowest BCUT2D eigenvalue weighted by molar-refractivity contribution is -0.139. The van der Waals surface area contributed by atoms with Gasteiger partial charge in [0.1, 0.15) is 29.0 Å². The maximum Gasteiger partial charge on any atom is 0.338 e. The number of rotatable bonds is 8. The van der Waals surface area contributed by atoms with Crippen molar-refractivity contribution in [1.29, 1.82) is 0 Å². The number of fused-ring (bicyclic) bond motifs is 1. The van der Waals surface area contributed by atoms with Crippen molar-refractivity contribution in [2.24, 2.45) is 4.99 Å². The Bertz CT molecular complexity index is 1550. The molecule has 0 N–H and O–H groups in total. The van der Waals surface area contributed by atoms with Crippen molar-refractivity contribution in [3.63, 3.8) is 0 Å². The Morgan fingerprint density at radius 2 is 1.68 bits per heavy atom. The number of methoxy groups -OCH3 is 4. The molecule has 2 heterocycles. The van der Waals surface area contributed by atoms with E-state index in [9.17, 15) is 9.59 Å². The van der Waals surface area contributed by atoms with Gasteiger partial charge in [-0.25, -0.2) is 9.79 Å². The van der Waals surface area contributed by atoms with Crippen LogP contribution in [0.25, 0.3) is 6.08 Å². The van der Waals surface area contributed by atoms with Crippen molar-refractivity contribution >= 4 is 23.4 Å². The maximum absolute atomic E-state index is 13.9. The number of ether oxygens (including phenoxy) is 5. The third-order valence-corrected chi connectivity index (χ3v) is 6.96. The summed E-state index contributed by atoms with van der Waals surface area (Å²) in [6, 6.07) is 9.78. The van der Waals surface area contributed by atoms with Crippen LogP contribution in [0.3, 0.4) is 0 Å². The van der Waals surface area contributed by atoms with Gasteiger partial charge < -0.3 is 23.7 Å². The topological polar surface area (TPSA) is 97.6 Å². The molecule has 0 spiro atoms. The summed E-state index contributed by atoms with van der Waals surface area (Å²) in [4.78, 5) is 32.1. The molecule has 0 saturated carbocycles. The lowest BCUT2D eigenvalue weighted by Crippen LogP contribution is -2.40. The minimum absolute atomic E-state index is 0.183. The zero-order valence-corrected chi connectivity index (χ0v) is 22.3. The molecule has 9 nitrogen and oxygen atoms in total. The summed E-state index contributed by atoms with van der Waals surface area (Å²) in [6.07, 6.45) is 1.73. The molecule has 0 radical (unpaired) electrons. The van der Waals surface area contributed by atoms with Crippen molar-refractivity contribution in [1.82, 2.24) is 4.57 Å². The van der Waals surface area contributed by atoms with Crippen LogP contribution in [0, 0.1) is 0 Å². The highest BCUT2D eigenvalue weighted by Gasteiger charge is 2.35. The molecule has 0 bridgehead atoms. The number of thiazole rings is 1. The van der Waals surface area contributed by atoms with Crippen LogP contribution in [-0.4, -0.2) is 45.6 Å². The van der Waals surface area contributed by atoms with Crippen LogP contribution < -0.4 is 33.8 Å². The molecular weight excluding hydrogens is 496 g/mol. The molecule has 1 aliphatic heterocycles.